The molecule has 0 saturated heterocycles. The lowest BCUT2D eigenvalue weighted by Gasteiger charge is -2.25. The predicted octanol–water partition coefficient (Wildman–Crippen LogP) is 4.21. The van der Waals surface area contributed by atoms with Gasteiger partial charge >= 0.3 is 0 Å². The fraction of sp³-hybridized carbons (Fsp3) is 0.150. The Kier molecular flexibility index (Phi) is 4.79. The van der Waals surface area contributed by atoms with Gasteiger partial charge < -0.3 is 4.42 Å². The third-order valence-corrected chi connectivity index (χ3v) is 4.40. The van der Waals surface area contributed by atoms with Gasteiger partial charge in [-0.3, -0.25) is 14.5 Å². The van der Waals surface area contributed by atoms with Crippen molar-refractivity contribution in [2.45, 2.75) is 13.8 Å². The highest BCUT2D eigenvalue weighted by Crippen LogP contribution is 2.29. The Morgan fingerprint density at radius 3 is 2.65 bits per heavy atom. The van der Waals surface area contributed by atoms with Gasteiger partial charge in [-0.15, -0.1) is 0 Å². The number of carbonyl (C=O) groups is 2. The summed E-state index contributed by atoms with van der Waals surface area (Å²) in [5.74, 6) is 0.0574. The quantitative estimate of drug-likeness (QED) is 0.602. The van der Waals surface area contributed by atoms with Crippen molar-refractivity contribution in [1.82, 2.24) is 4.90 Å². The van der Waals surface area contributed by atoms with Crippen molar-refractivity contribution in [2.75, 3.05) is 6.54 Å². The minimum Gasteiger partial charge on any atom is -0.457 e. The van der Waals surface area contributed by atoms with Crippen molar-refractivity contribution >= 4 is 29.5 Å². The topological polar surface area (TPSA) is 74.3 Å². The van der Waals surface area contributed by atoms with E-state index in [1.807, 2.05) is 18.2 Å². The average molecular weight is 367 g/mol. The number of nitrogens with zero attached hydrogens (tertiary/aromatic N) is 2. The highest BCUT2D eigenvalue weighted by atomic mass is 35.5. The molecule has 1 aromatic heterocycles. The number of halogens is 1. The van der Waals surface area contributed by atoms with Crippen molar-refractivity contribution in [1.29, 1.82) is 5.26 Å². The number of furan rings is 1. The maximum atomic E-state index is 12.6. The summed E-state index contributed by atoms with van der Waals surface area (Å²) in [5, 5.41) is 9.86. The minimum atomic E-state index is -0.561. The van der Waals surface area contributed by atoms with E-state index in [-0.39, 0.29) is 17.7 Å². The van der Waals surface area contributed by atoms with E-state index in [1.165, 1.54) is 0 Å². The van der Waals surface area contributed by atoms with Gasteiger partial charge in [0.05, 0.1) is 0 Å². The van der Waals surface area contributed by atoms with Crippen molar-refractivity contribution in [2.24, 2.45) is 0 Å². The zero-order valence-corrected chi connectivity index (χ0v) is 15.0. The molecule has 26 heavy (non-hydrogen) atoms. The zero-order chi connectivity index (χ0) is 18.8. The summed E-state index contributed by atoms with van der Waals surface area (Å²) >= 11 is 6.00. The number of hydrogen-bond acceptors (Lipinski definition) is 4. The molecule has 1 aliphatic rings. The Balaban J connectivity index is 2.04. The third-order valence-electron chi connectivity index (χ3n) is 4.16. The molecule has 0 aliphatic carbocycles. The summed E-state index contributed by atoms with van der Waals surface area (Å²) in [6, 6.07) is 12.6. The maximum absolute atomic E-state index is 12.6. The molecule has 0 bridgehead atoms. The third kappa shape index (κ3) is 3.07. The first-order chi connectivity index (χ1) is 12.5. The molecule has 0 saturated carbocycles. The Morgan fingerprint density at radius 2 is 2.00 bits per heavy atom. The lowest BCUT2D eigenvalue weighted by Crippen LogP contribution is -2.42. The second-order valence-electron chi connectivity index (χ2n) is 5.74. The average Bonchev–Trinajstić information content (AvgIpc) is 3.08. The molecule has 2 aromatic rings. The van der Waals surface area contributed by atoms with Gasteiger partial charge in [0.25, 0.3) is 11.8 Å². The normalized spacial score (nSPS) is 16.4. The first-order valence-corrected chi connectivity index (χ1v) is 8.39. The van der Waals surface area contributed by atoms with Crippen LogP contribution in [0.5, 0.6) is 0 Å². The molecule has 0 radical (unpaired) electrons. The van der Waals surface area contributed by atoms with Gasteiger partial charge in [-0.05, 0) is 49.8 Å². The summed E-state index contributed by atoms with van der Waals surface area (Å²) in [6.07, 6.45) is 1.55. The van der Waals surface area contributed by atoms with Crippen molar-refractivity contribution in [3.05, 3.63) is 63.9 Å². The van der Waals surface area contributed by atoms with Crippen LogP contribution in [-0.4, -0.2) is 23.3 Å². The van der Waals surface area contributed by atoms with Gasteiger partial charge in [0.1, 0.15) is 23.2 Å². The fourth-order valence-electron chi connectivity index (χ4n) is 2.79. The monoisotopic (exact) mass is 366 g/mol. The highest BCUT2D eigenvalue weighted by Gasteiger charge is 2.34. The van der Waals surface area contributed by atoms with Crippen LogP contribution in [0.15, 0.2) is 57.5 Å². The Morgan fingerprint density at radius 1 is 1.23 bits per heavy atom. The number of likely N-dealkylation sites (N-methyl/N-ethyl adjacent to an activating group) is 1. The molecule has 2 heterocycles. The van der Waals surface area contributed by atoms with Crippen LogP contribution >= 0.6 is 11.6 Å². The number of benzene rings is 1. The summed E-state index contributed by atoms with van der Waals surface area (Å²) in [6.45, 7) is 3.47. The molecule has 0 spiro atoms. The van der Waals surface area contributed by atoms with Crippen LogP contribution in [0.3, 0.4) is 0 Å². The van der Waals surface area contributed by atoms with E-state index in [2.05, 4.69) is 0 Å². The minimum absolute atomic E-state index is 0.0284. The Hall–Kier alpha value is -3.10. The molecular formula is C20H15ClN2O3. The second-order valence-corrected chi connectivity index (χ2v) is 6.17. The van der Waals surface area contributed by atoms with Crippen LogP contribution in [0.4, 0.5) is 0 Å². The van der Waals surface area contributed by atoms with Gasteiger partial charge in [-0.25, -0.2) is 0 Å². The molecule has 1 aliphatic heterocycles. The zero-order valence-electron chi connectivity index (χ0n) is 14.2. The van der Waals surface area contributed by atoms with Gasteiger partial charge in [0.15, 0.2) is 0 Å². The van der Waals surface area contributed by atoms with E-state index in [0.717, 1.165) is 10.5 Å². The number of imide groups is 1. The predicted molar refractivity (Wildman–Crippen MR) is 97.8 cm³/mol. The molecular weight excluding hydrogens is 352 g/mol. The first kappa shape index (κ1) is 17.7. The Bertz CT molecular complexity index is 1010. The van der Waals surface area contributed by atoms with Crippen molar-refractivity contribution < 1.29 is 14.0 Å². The van der Waals surface area contributed by atoms with Crippen LogP contribution in [-0.2, 0) is 9.59 Å². The summed E-state index contributed by atoms with van der Waals surface area (Å²) < 4.78 is 5.79. The first-order valence-electron chi connectivity index (χ1n) is 8.01. The van der Waals surface area contributed by atoms with E-state index in [1.54, 1.807) is 44.2 Å². The standard InChI is InChI=1S/C20H15ClN2O3/c1-3-23-19(24)16(12(2)17(11-22)20(23)25)10-15-7-8-18(26-15)13-5-4-6-14(21)9-13/h4-10H,3H2,1-2H3/b16-10+. The lowest BCUT2D eigenvalue weighted by atomic mass is 9.95. The molecule has 3 rings (SSSR count). The largest absolute Gasteiger partial charge is 0.457 e. The molecule has 0 atom stereocenters. The number of hydrogen-bond donors (Lipinski definition) is 0. The molecule has 1 aromatic carbocycles. The van der Waals surface area contributed by atoms with E-state index in [4.69, 9.17) is 16.0 Å². The SMILES string of the molecule is CCN1C(=O)C(C#N)=C(C)/C(=C\c2ccc(-c3cccc(Cl)c3)o2)C1=O. The van der Waals surface area contributed by atoms with E-state index >= 15 is 0 Å². The summed E-state index contributed by atoms with van der Waals surface area (Å²) in [4.78, 5) is 25.8. The smallest absolute Gasteiger partial charge is 0.271 e. The van der Waals surface area contributed by atoms with Gasteiger partial charge in [0.2, 0.25) is 0 Å². The number of amides is 2. The van der Waals surface area contributed by atoms with E-state index in [0.29, 0.717) is 22.1 Å². The van der Waals surface area contributed by atoms with Crippen LogP contribution in [0.2, 0.25) is 5.02 Å². The maximum Gasteiger partial charge on any atom is 0.271 e. The van der Waals surface area contributed by atoms with Crippen molar-refractivity contribution in [3.63, 3.8) is 0 Å². The molecule has 5 nitrogen and oxygen atoms in total. The molecule has 0 N–H and O–H groups in total. The molecule has 6 heteroatoms. The number of carbonyl (C=O) groups excluding carboxylic acids is 2. The summed E-state index contributed by atoms with van der Waals surface area (Å²) in [5.41, 5.74) is 1.41. The second kappa shape index (κ2) is 7.03. The van der Waals surface area contributed by atoms with Crippen LogP contribution in [0.1, 0.15) is 19.6 Å². The van der Waals surface area contributed by atoms with Crippen LogP contribution in [0.25, 0.3) is 17.4 Å². The van der Waals surface area contributed by atoms with E-state index < -0.39 is 11.8 Å². The fourth-order valence-corrected chi connectivity index (χ4v) is 2.98. The van der Waals surface area contributed by atoms with Gasteiger partial charge in [0, 0.05) is 22.7 Å². The highest BCUT2D eigenvalue weighted by molar-refractivity contribution is 6.30. The van der Waals surface area contributed by atoms with E-state index in [9.17, 15) is 14.9 Å². The molecule has 0 fully saturated rings. The Labute approximate surface area is 155 Å². The van der Waals surface area contributed by atoms with Gasteiger partial charge in [-0.1, -0.05) is 23.7 Å². The lowest BCUT2D eigenvalue weighted by molar-refractivity contribution is -0.140. The summed E-state index contributed by atoms with van der Waals surface area (Å²) in [7, 11) is 0. The van der Waals surface area contributed by atoms with Crippen molar-refractivity contribution in [3.8, 4) is 17.4 Å². The molecule has 0 unspecified atom stereocenters. The number of rotatable bonds is 3. The molecule has 2 amide bonds. The van der Waals surface area contributed by atoms with Gasteiger partial charge in [-0.2, -0.15) is 5.26 Å². The molecule has 130 valence electrons. The van der Waals surface area contributed by atoms with Crippen LogP contribution in [0, 0.1) is 11.3 Å². The van der Waals surface area contributed by atoms with Crippen LogP contribution < -0.4 is 0 Å². The number of nitriles is 1.